The van der Waals surface area contributed by atoms with Crippen LogP contribution in [0.5, 0.6) is 11.5 Å². The summed E-state index contributed by atoms with van der Waals surface area (Å²) >= 11 is 0. The number of guanidine groups is 1. The number of ether oxygens (including phenoxy) is 2. The Kier molecular flexibility index (Phi) is 8.59. The number of piperidine rings is 1. The van der Waals surface area contributed by atoms with Crippen molar-refractivity contribution in [2.24, 2.45) is 4.99 Å². The highest BCUT2D eigenvalue weighted by molar-refractivity contribution is 5.80. The van der Waals surface area contributed by atoms with Crippen molar-refractivity contribution in [3.8, 4) is 11.5 Å². The number of nitrogens with zero attached hydrogens (tertiary/aromatic N) is 2. The summed E-state index contributed by atoms with van der Waals surface area (Å²) in [7, 11) is 3.32. The summed E-state index contributed by atoms with van der Waals surface area (Å²) in [6.07, 6.45) is 2.20. The second kappa shape index (κ2) is 11.6. The van der Waals surface area contributed by atoms with Crippen molar-refractivity contribution in [2.45, 2.75) is 51.9 Å². The summed E-state index contributed by atoms with van der Waals surface area (Å²) < 4.78 is 11.0. The molecule has 0 aromatic heterocycles. The first kappa shape index (κ1) is 22.9. The van der Waals surface area contributed by atoms with E-state index in [9.17, 15) is 0 Å². The van der Waals surface area contributed by atoms with Gasteiger partial charge in [0.05, 0.1) is 20.8 Å². The molecule has 6 heteroatoms. The summed E-state index contributed by atoms with van der Waals surface area (Å²) in [6, 6.07) is 17.6. The Hall–Kier alpha value is -2.73. The lowest BCUT2D eigenvalue weighted by molar-refractivity contribution is 0.134. The minimum atomic E-state index is 0.409. The maximum atomic E-state index is 5.54. The van der Waals surface area contributed by atoms with Crippen molar-refractivity contribution in [1.29, 1.82) is 0 Å². The van der Waals surface area contributed by atoms with E-state index in [1.54, 1.807) is 14.2 Å². The summed E-state index contributed by atoms with van der Waals surface area (Å²) in [5.74, 6) is 2.32. The average Bonchev–Trinajstić information content (AvgIpc) is 2.79. The summed E-state index contributed by atoms with van der Waals surface area (Å²) in [6.45, 7) is 7.85. The minimum absolute atomic E-state index is 0.409. The Morgan fingerprint density at radius 3 is 2.58 bits per heavy atom. The van der Waals surface area contributed by atoms with Crippen LogP contribution in [0, 0.1) is 0 Å². The predicted molar refractivity (Wildman–Crippen MR) is 127 cm³/mol. The topological polar surface area (TPSA) is 58.1 Å². The Bertz CT molecular complexity index is 841. The number of para-hydroxylation sites is 1. The standard InChI is InChI=1S/C25H36N4O2/c1-5-26-25(27-17-21-12-9-13-23(30-3)24(21)31-4)28-22-14-15-29(19(2)16-22)18-20-10-7-6-8-11-20/h6-13,19,22H,5,14-18H2,1-4H3,(H2,26,27,28). The molecular weight excluding hydrogens is 388 g/mol. The second-order valence-corrected chi connectivity index (χ2v) is 8.02. The van der Waals surface area contributed by atoms with Crippen LogP contribution in [0.4, 0.5) is 0 Å². The molecule has 1 heterocycles. The number of hydrogen-bond donors (Lipinski definition) is 2. The average molecular weight is 425 g/mol. The second-order valence-electron chi connectivity index (χ2n) is 8.02. The Morgan fingerprint density at radius 2 is 1.90 bits per heavy atom. The van der Waals surface area contributed by atoms with Gasteiger partial charge in [0.2, 0.25) is 0 Å². The summed E-state index contributed by atoms with van der Waals surface area (Å²) in [5.41, 5.74) is 2.38. The monoisotopic (exact) mass is 424 g/mol. The van der Waals surface area contributed by atoms with Gasteiger partial charge in [0.15, 0.2) is 17.5 Å². The normalized spacial score (nSPS) is 19.7. The van der Waals surface area contributed by atoms with E-state index in [2.05, 4.69) is 59.7 Å². The first-order chi connectivity index (χ1) is 15.1. The molecule has 0 radical (unpaired) electrons. The van der Waals surface area contributed by atoms with Gasteiger partial charge in [0.1, 0.15) is 0 Å². The van der Waals surface area contributed by atoms with Gasteiger partial charge in [0.25, 0.3) is 0 Å². The van der Waals surface area contributed by atoms with Crippen LogP contribution >= 0.6 is 0 Å². The zero-order valence-electron chi connectivity index (χ0n) is 19.2. The van der Waals surface area contributed by atoms with Gasteiger partial charge >= 0.3 is 0 Å². The quantitative estimate of drug-likeness (QED) is 0.498. The minimum Gasteiger partial charge on any atom is -0.493 e. The van der Waals surface area contributed by atoms with Crippen LogP contribution in [0.3, 0.4) is 0 Å². The van der Waals surface area contributed by atoms with Crippen LogP contribution in [0.25, 0.3) is 0 Å². The van der Waals surface area contributed by atoms with E-state index < -0.39 is 0 Å². The third kappa shape index (κ3) is 6.37. The number of nitrogens with one attached hydrogen (secondary N) is 2. The molecule has 0 aliphatic carbocycles. The number of methoxy groups -OCH3 is 2. The lowest BCUT2D eigenvalue weighted by Crippen LogP contribution is -2.51. The first-order valence-electron chi connectivity index (χ1n) is 11.2. The smallest absolute Gasteiger partial charge is 0.191 e. The van der Waals surface area contributed by atoms with Gasteiger partial charge in [-0.25, -0.2) is 4.99 Å². The highest BCUT2D eigenvalue weighted by Crippen LogP contribution is 2.31. The molecule has 0 spiro atoms. The molecule has 1 aliphatic heterocycles. The molecule has 3 rings (SSSR count). The van der Waals surface area contributed by atoms with Gasteiger partial charge < -0.3 is 20.1 Å². The van der Waals surface area contributed by atoms with Crippen molar-refractivity contribution >= 4 is 5.96 Å². The molecule has 6 nitrogen and oxygen atoms in total. The fourth-order valence-corrected chi connectivity index (χ4v) is 4.16. The lowest BCUT2D eigenvalue weighted by atomic mass is 9.97. The molecule has 2 atom stereocenters. The molecule has 0 amide bonds. The number of rotatable bonds is 8. The third-order valence-electron chi connectivity index (χ3n) is 5.82. The largest absolute Gasteiger partial charge is 0.493 e. The van der Waals surface area contributed by atoms with Gasteiger partial charge in [-0.1, -0.05) is 42.5 Å². The number of hydrogen-bond acceptors (Lipinski definition) is 4. The number of benzene rings is 2. The Labute approximate surface area is 186 Å². The Balaban J connectivity index is 1.60. The third-order valence-corrected chi connectivity index (χ3v) is 5.82. The van der Waals surface area contributed by atoms with Gasteiger partial charge in [0, 0.05) is 37.3 Å². The van der Waals surface area contributed by atoms with Crippen molar-refractivity contribution < 1.29 is 9.47 Å². The van der Waals surface area contributed by atoms with Crippen molar-refractivity contribution in [3.63, 3.8) is 0 Å². The van der Waals surface area contributed by atoms with E-state index in [1.165, 1.54) is 5.56 Å². The molecule has 168 valence electrons. The van der Waals surface area contributed by atoms with Gasteiger partial charge in [-0.2, -0.15) is 0 Å². The van der Waals surface area contributed by atoms with Crippen LogP contribution in [0.1, 0.15) is 37.8 Å². The van der Waals surface area contributed by atoms with E-state index in [0.29, 0.717) is 18.6 Å². The molecule has 0 bridgehead atoms. The highest BCUT2D eigenvalue weighted by Gasteiger charge is 2.26. The Morgan fingerprint density at radius 1 is 1.10 bits per heavy atom. The molecule has 31 heavy (non-hydrogen) atoms. The number of likely N-dealkylation sites (tertiary alicyclic amines) is 1. The SMILES string of the molecule is CCNC(=NCc1cccc(OC)c1OC)NC1CCN(Cc2ccccc2)C(C)C1. The van der Waals surface area contributed by atoms with Crippen LogP contribution in [0.2, 0.25) is 0 Å². The molecule has 1 saturated heterocycles. The molecule has 2 aromatic rings. The molecule has 0 saturated carbocycles. The number of aliphatic imine (C=N–C) groups is 1. The maximum absolute atomic E-state index is 5.54. The highest BCUT2D eigenvalue weighted by atomic mass is 16.5. The molecule has 2 unspecified atom stereocenters. The van der Waals surface area contributed by atoms with Gasteiger partial charge in [-0.05, 0) is 38.3 Å². The van der Waals surface area contributed by atoms with Crippen molar-refractivity contribution in [1.82, 2.24) is 15.5 Å². The van der Waals surface area contributed by atoms with Crippen LogP contribution in [-0.4, -0.2) is 50.3 Å². The predicted octanol–water partition coefficient (Wildman–Crippen LogP) is 3.81. The van der Waals surface area contributed by atoms with Crippen LogP contribution < -0.4 is 20.1 Å². The van der Waals surface area contributed by atoms with Crippen molar-refractivity contribution in [3.05, 3.63) is 59.7 Å². The fraction of sp³-hybridized carbons (Fsp3) is 0.480. The summed E-state index contributed by atoms with van der Waals surface area (Å²) in [4.78, 5) is 7.39. The zero-order chi connectivity index (χ0) is 22.1. The van der Waals surface area contributed by atoms with E-state index in [0.717, 1.165) is 55.5 Å². The van der Waals surface area contributed by atoms with Crippen LogP contribution in [-0.2, 0) is 13.1 Å². The lowest BCUT2D eigenvalue weighted by Gasteiger charge is -2.38. The van der Waals surface area contributed by atoms with E-state index >= 15 is 0 Å². The molecular formula is C25H36N4O2. The molecule has 1 aliphatic rings. The van der Waals surface area contributed by atoms with Crippen molar-refractivity contribution in [2.75, 3.05) is 27.3 Å². The van der Waals surface area contributed by atoms with E-state index in [4.69, 9.17) is 14.5 Å². The van der Waals surface area contributed by atoms with E-state index in [1.807, 2.05) is 18.2 Å². The molecule has 2 N–H and O–H groups in total. The fourth-order valence-electron chi connectivity index (χ4n) is 4.16. The first-order valence-corrected chi connectivity index (χ1v) is 11.2. The molecule has 2 aromatic carbocycles. The van der Waals surface area contributed by atoms with Gasteiger partial charge in [-0.3, -0.25) is 4.90 Å². The van der Waals surface area contributed by atoms with Crippen LogP contribution in [0.15, 0.2) is 53.5 Å². The van der Waals surface area contributed by atoms with E-state index in [-0.39, 0.29) is 0 Å². The zero-order valence-corrected chi connectivity index (χ0v) is 19.2. The molecule has 1 fully saturated rings. The van der Waals surface area contributed by atoms with Gasteiger partial charge in [-0.15, -0.1) is 0 Å². The maximum Gasteiger partial charge on any atom is 0.191 e. The summed E-state index contributed by atoms with van der Waals surface area (Å²) in [5, 5.41) is 7.03.